The van der Waals surface area contributed by atoms with E-state index in [0.717, 1.165) is 4.28 Å². The summed E-state index contributed by atoms with van der Waals surface area (Å²) < 4.78 is 0.968. The Bertz CT molecular complexity index is 55.2. The predicted molar refractivity (Wildman–Crippen MR) is 52.0 cm³/mol. The Morgan fingerprint density at radius 2 is 1.75 bits per heavy atom. The summed E-state index contributed by atoms with van der Waals surface area (Å²) in [5, 5.41) is 0. The minimum absolute atomic E-state index is 0.968. The first-order valence-corrected chi connectivity index (χ1v) is 6.56. The molecule has 0 aliphatic carbocycles. The summed E-state index contributed by atoms with van der Waals surface area (Å²) in [4.78, 5) is 0. The van der Waals surface area contributed by atoms with Gasteiger partial charge in [0.15, 0.2) is 0 Å². The summed E-state index contributed by atoms with van der Waals surface area (Å²) in [7, 11) is 4.40. The molecule has 0 N–H and O–H groups in total. The fourth-order valence-electron chi connectivity index (χ4n) is 0.707. The standard InChI is InChI=1S/C5H18Si3/c1-2-3-4-5(6,7)8/h2-4H2,1,6-8H3. The summed E-state index contributed by atoms with van der Waals surface area (Å²) in [5.41, 5.74) is 0. The molecule has 0 aliphatic heterocycles. The minimum atomic E-state index is 0.968. The van der Waals surface area contributed by atoms with E-state index >= 15 is 0 Å². The van der Waals surface area contributed by atoms with E-state index in [-0.39, 0.29) is 0 Å². The zero-order valence-corrected chi connectivity index (χ0v) is 12.6. The monoisotopic (exact) mass is 162 g/mol. The van der Waals surface area contributed by atoms with E-state index in [4.69, 9.17) is 0 Å². The molecule has 0 aromatic rings. The molecule has 0 aliphatic rings. The van der Waals surface area contributed by atoms with Crippen molar-refractivity contribution in [2.45, 2.75) is 30.5 Å². The fraction of sp³-hybridized carbons (Fsp3) is 1.00. The molecule has 0 aromatic heterocycles. The summed E-state index contributed by atoms with van der Waals surface area (Å²) in [6, 6.07) is 0. The second-order valence-electron chi connectivity index (χ2n) is 3.66. The van der Waals surface area contributed by atoms with Crippen molar-refractivity contribution in [3.8, 4) is 0 Å². The molecule has 0 saturated carbocycles. The molecule has 0 heterocycles. The van der Waals surface area contributed by atoms with Crippen molar-refractivity contribution in [3.05, 3.63) is 0 Å². The van der Waals surface area contributed by atoms with Crippen LogP contribution in [0.1, 0.15) is 26.2 Å². The molecule has 8 heavy (non-hydrogen) atoms. The van der Waals surface area contributed by atoms with Crippen molar-refractivity contribution in [1.29, 1.82) is 0 Å². The minimum Gasteiger partial charge on any atom is -0.0666 e. The molecule has 50 valence electrons. The van der Waals surface area contributed by atoms with Gasteiger partial charge in [-0.2, -0.15) is 0 Å². The average Bonchev–Trinajstić information content (AvgIpc) is 1.59. The molecule has 0 bridgehead atoms. The molecule has 0 amide bonds. The Morgan fingerprint density at radius 3 is 1.88 bits per heavy atom. The topological polar surface area (TPSA) is 0 Å². The number of rotatable bonds is 3. The van der Waals surface area contributed by atoms with Crippen LogP contribution in [0.3, 0.4) is 0 Å². The Balaban J connectivity index is 3.11. The van der Waals surface area contributed by atoms with Crippen LogP contribution in [0.2, 0.25) is 4.28 Å². The normalized spacial score (nSPS) is 19.1. The SMILES string of the molecule is CCCCC([SiH3])([SiH3])[SiH3]. The molecule has 3 heteroatoms. The van der Waals surface area contributed by atoms with Gasteiger partial charge in [0.25, 0.3) is 0 Å². The van der Waals surface area contributed by atoms with Gasteiger partial charge in [0.2, 0.25) is 0 Å². The third kappa shape index (κ3) is 6.65. The van der Waals surface area contributed by atoms with E-state index in [9.17, 15) is 0 Å². The van der Waals surface area contributed by atoms with E-state index in [1.54, 1.807) is 6.42 Å². The van der Waals surface area contributed by atoms with Gasteiger partial charge in [-0.05, 0) is 0 Å². The van der Waals surface area contributed by atoms with E-state index in [1.165, 1.54) is 43.6 Å². The van der Waals surface area contributed by atoms with Gasteiger partial charge in [-0.15, -0.1) is 0 Å². The largest absolute Gasteiger partial charge is 0.0666 e. The average molecular weight is 162 g/mol. The van der Waals surface area contributed by atoms with Crippen LogP contribution in [0, 0.1) is 0 Å². The Kier molecular flexibility index (Phi) is 3.93. The van der Waals surface area contributed by atoms with E-state index in [2.05, 4.69) is 6.92 Å². The molecule has 0 aromatic carbocycles. The summed E-state index contributed by atoms with van der Waals surface area (Å²) in [5.74, 6) is 0. The van der Waals surface area contributed by atoms with Gasteiger partial charge < -0.3 is 0 Å². The maximum atomic E-state index is 2.29. The number of hydrogen-bond acceptors (Lipinski definition) is 0. The second kappa shape index (κ2) is 3.63. The van der Waals surface area contributed by atoms with Crippen LogP contribution < -0.4 is 0 Å². The highest BCUT2D eigenvalue weighted by molar-refractivity contribution is 6.58. The van der Waals surface area contributed by atoms with E-state index in [1.807, 2.05) is 0 Å². The maximum Gasteiger partial charge on any atom is 0.00213 e. The van der Waals surface area contributed by atoms with Gasteiger partial charge in [-0.25, -0.2) is 0 Å². The highest BCUT2D eigenvalue weighted by Crippen LogP contribution is 2.17. The molecule has 0 spiro atoms. The molecule has 0 unspecified atom stereocenters. The van der Waals surface area contributed by atoms with Crippen molar-refractivity contribution in [2.24, 2.45) is 0 Å². The first-order valence-electron chi connectivity index (χ1n) is 3.56. The summed E-state index contributed by atoms with van der Waals surface area (Å²) in [6.07, 6.45) is 4.43. The zero-order chi connectivity index (χ0) is 6.62. The van der Waals surface area contributed by atoms with Crippen LogP contribution in [-0.4, -0.2) is 30.7 Å². The Hall–Kier alpha value is 0.651. The molecule has 0 fully saturated rings. The second-order valence-corrected chi connectivity index (χ2v) is 17.8. The van der Waals surface area contributed by atoms with Crippen LogP contribution in [0.5, 0.6) is 0 Å². The first kappa shape index (κ1) is 8.65. The van der Waals surface area contributed by atoms with Crippen LogP contribution >= 0.6 is 0 Å². The number of hydrogen-bond donors (Lipinski definition) is 0. The van der Waals surface area contributed by atoms with Gasteiger partial charge in [0, 0.05) is 30.7 Å². The smallest absolute Gasteiger partial charge is 0.00213 e. The lowest BCUT2D eigenvalue weighted by Gasteiger charge is -2.16. The van der Waals surface area contributed by atoms with Crippen molar-refractivity contribution in [3.63, 3.8) is 0 Å². The van der Waals surface area contributed by atoms with Gasteiger partial charge in [0.1, 0.15) is 0 Å². The number of unbranched alkanes of at least 4 members (excludes halogenated alkanes) is 1. The highest BCUT2D eigenvalue weighted by Gasteiger charge is 2.07. The lowest BCUT2D eigenvalue weighted by Crippen LogP contribution is -2.11. The van der Waals surface area contributed by atoms with Crippen molar-refractivity contribution in [2.75, 3.05) is 0 Å². The first-order chi connectivity index (χ1) is 3.56. The molecule has 0 atom stereocenters. The van der Waals surface area contributed by atoms with Crippen molar-refractivity contribution >= 4 is 30.7 Å². The highest BCUT2D eigenvalue weighted by atomic mass is 28.3. The summed E-state index contributed by atoms with van der Waals surface area (Å²) in [6.45, 7) is 2.29. The van der Waals surface area contributed by atoms with Crippen LogP contribution in [-0.2, 0) is 0 Å². The lowest BCUT2D eigenvalue weighted by molar-refractivity contribution is 0.726. The van der Waals surface area contributed by atoms with E-state index in [0.29, 0.717) is 0 Å². The van der Waals surface area contributed by atoms with Gasteiger partial charge >= 0.3 is 0 Å². The Labute approximate surface area is 61.7 Å². The maximum absolute atomic E-state index is 2.29. The predicted octanol–water partition coefficient (Wildman–Crippen LogP) is -1.65. The fourth-order valence-corrected chi connectivity index (χ4v) is 1.77. The molecule has 0 radical (unpaired) electrons. The lowest BCUT2D eigenvalue weighted by atomic mass is 10.3. The quantitative estimate of drug-likeness (QED) is 0.436. The molecular formula is C5H18Si3. The van der Waals surface area contributed by atoms with Gasteiger partial charge in [-0.1, -0.05) is 30.5 Å². The molecular weight excluding hydrogens is 144 g/mol. The van der Waals surface area contributed by atoms with E-state index < -0.39 is 0 Å². The zero-order valence-electron chi connectivity index (χ0n) is 6.62. The third-order valence-electron chi connectivity index (χ3n) is 1.28. The third-order valence-corrected chi connectivity index (χ3v) is 2.78. The van der Waals surface area contributed by atoms with Gasteiger partial charge in [-0.3, -0.25) is 0 Å². The Morgan fingerprint density at radius 1 is 1.25 bits per heavy atom. The van der Waals surface area contributed by atoms with Crippen LogP contribution in [0.15, 0.2) is 0 Å². The van der Waals surface area contributed by atoms with Crippen molar-refractivity contribution in [1.82, 2.24) is 0 Å². The summed E-state index contributed by atoms with van der Waals surface area (Å²) >= 11 is 0. The van der Waals surface area contributed by atoms with Crippen LogP contribution in [0.4, 0.5) is 0 Å². The van der Waals surface area contributed by atoms with Gasteiger partial charge in [0.05, 0.1) is 0 Å². The molecule has 0 rings (SSSR count). The molecule has 0 saturated heterocycles. The van der Waals surface area contributed by atoms with Crippen LogP contribution in [0.25, 0.3) is 0 Å². The molecule has 0 nitrogen and oxygen atoms in total. The van der Waals surface area contributed by atoms with Crippen molar-refractivity contribution < 1.29 is 0 Å².